The van der Waals surface area contributed by atoms with E-state index < -0.39 is 12.1 Å². The predicted octanol–water partition coefficient (Wildman–Crippen LogP) is 3.53. The van der Waals surface area contributed by atoms with Crippen LogP contribution in [0.2, 0.25) is 5.02 Å². The van der Waals surface area contributed by atoms with Crippen molar-refractivity contribution in [3.63, 3.8) is 0 Å². The highest BCUT2D eigenvalue weighted by Crippen LogP contribution is 2.22. The number of Topliss-reactive ketones (excluding diaryl/α,β-unsaturated/α-hetero) is 1. The minimum Gasteiger partial charge on any atom is -0.454 e. The number of halogens is 1. The van der Waals surface area contributed by atoms with Crippen molar-refractivity contribution in [3.8, 4) is 0 Å². The summed E-state index contributed by atoms with van der Waals surface area (Å²) in [4.78, 5) is 49.9. The van der Waals surface area contributed by atoms with Gasteiger partial charge in [-0.2, -0.15) is 0 Å². The second kappa shape index (κ2) is 8.35. The molecule has 2 aromatic rings. The van der Waals surface area contributed by atoms with Gasteiger partial charge >= 0.3 is 5.97 Å². The van der Waals surface area contributed by atoms with Crippen molar-refractivity contribution in [1.29, 1.82) is 0 Å². The molecule has 1 aliphatic rings. The Bertz CT molecular complexity index is 903. The molecule has 0 saturated carbocycles. The molecule has 3 rings (SSSR count). The molecule has 1 aliphatic heterocycles. The van der Waals surface area contributed by atoms with Gasteiger partial charge in [0.2, 0.25) is 5.78 Å². The van der Waals surface area contributed by atoms with Crippen molar-refractivity contribution in [1.82, 2.24) is 4.90 Å². The molecule has 0 radical (unpaired) electrons. The van der Waals surface area contributed by atoms with E-state index in [4.69, 9.17) is 16.3 Å². The standard InChI is InChI=1S/C21H18ClNO5/c1-13(19(25)14-8-10-15(22)11-9-14)28-18(24)7-4-12-23-20(26)16-5-2-3-6-17(16)21(23)27/h2-3,5-6,8-11,13H,4,7,12H2,1H3/t13-/m1/s1. The molecule has 0 spiro atoms. The van der Waals surface area contributed by atoms with E-state index in [9.17, 15) is 19.2 Å². The van der Waals surface area contributed by atoms with Gasteiger partial charge in [0, 0.05) is 23.6 Å². The Morgan fingerprint density at radius 2 is 1.57 bits per heavy atom. The quantitative estimate of drug-likeness (QED) is 0.404. The lowest BCUT2D eigenvalue weighted by molar-refractivity contribution is -0.146. The van der Waals surface area contributed by atoms with E-state index in [-0.39, 0.29) is 37.0 Å². The fraction of sp³-hybridized carbons (Fsp3) is 0.238. The number of benzene rings is 2. The van der Waals surface area contributed by atoms with Crippen LogP contribution >= 0.6 is 11.6 Å². The van der Waals surface area contributed by atoms with Crippen LogP contribution in [-0.4, -0.2) is 41.1 Å². The zero-order valence-corrected chi connectivity index (χ0v) is 15.9. The Hall–Kier alpha value is -2.99. The predicted molar refractivity (Wildman–Crippen MR) is 102 cm³/mol. The van der Waals surface area contributed by atoms with Crippen LogP contribution in [0.1, 0.15) is 50.8 Å². The first-order valence-electron chi connectivity index (χ1n) is 8.83. The number of fused-ring (bicyclic) bond motifs is 1. The molecule has 0 unspecified atom stereocenters. The number of ether oxygens (including phenoxy) is 1. The van der Waals surface area contributed by atoms with Crippen molar-refractivity contribution in [2.45, 2.75) is 25.9 Å². The molecule has 7 heteroatoms. The van der Waals surface area contributed by atoms with E-state index in [2.05, 4.69) is 0 Å². The molecule has 1 atom stereocenters. The maximum absolute atomic E-state index is 12.3. The normalized spacial score (nSPS) is 14.0. The molecule has 0 aliphatic carbocycles. The molecule has 0 aromatic heterocycles. The Balaban J connectivity index is 1.48. The minimum absolute atomic E-state index is 0.00829. The van der Waals surface area contributed by atoms with Gasteiger partial charge in [0.15, 0.2) is 6.10 Å². The maximum Gasteiger partial charge on any atom is 0.306 e. The minimum atomic E-state index is -0.937. The van der Waals surface area contributed by atoms with Crippen molar-refractivity contribution in [3.05, 3.63) is 70.2 Å². The van der Waals surface area contributed by atoms with Crippen molar-refractivity contribution >= 4 is 35.2 Å². The molecule has 28 heavy (non-hydrogen) atoms. The van der Waals surface area contributed by atoms with Gasteiger partial charge in [-0.05, 0) is 49.7 Å². The summed E-state index contributed by atoms with van der Waals surface area (Å²) in [5, 5.41) is 0.509. The summed E-state index contributed by atoms with van der Waals surface area (Å²) in [5.41, 5.74) is 1.14. The lowest BCUT2D eigenvalue weighted by atomic mass is 10.1. The lowest BCUT2D eigenvalue weighted by Gasteiger charge is -2.15. The Kier molecular flexibility index (Phi) is 5.90. The molecule has 0 fully saturated rings. The number of carbonyl (C=O) groups is 4. The van der Waals surface area contributed by atoms with Gasteiger partial charge < -0.3 is 4.74 Å². The average molecular weight is 400 g/mol. The summed E-state index contributed by atoms with van der Waals surface area (Å²) >= 11 is 5.79. The van der Waals surface area contributed by atoms with Gasteiger partial charge in [0.05, 0.1) is 11.1 Å². The summed E-state index contributed by atoms with van der Waals surface area (Å²) in [6.07, 6.45) is -0.689. The van der Waals surface area contributed by atoms with Gasteiger partial charge in [-0.25, -0.2) is 0 Å². The number of ketones is 1. The van der Waals surface area contributed by atoms with Crippen LogP contribution in [0.3, 0.4) is 0 Å². The first-order valence-corrected chi connectivity index (χ1v) is 9.21. The smallest absolute Gasteiger partial charge is 0.306 e. The summed E-state index contributed by atoms with van der Waals surface area (Å²) in [6.45, 7) is 1.61. The van der Waals surface area contributed by atoms with Gasteiger partial charge in [0.25, 0.3) is 11.8 Å². The third kappa shape index (κ3) is 4.12. The largest absolute Gasteiger partial charge is 0.454 e. The van der Waals surface area contributed by atoms with Crippen LogP contribution in [0.5, 0.6) is 0 Å². The topological polar surface area (TPSA) is 80.8 Å². The third-order valence-electron chi connectivity index (χ3n) is 4.45. The molecule has 0 N–H and O–H groups in total. The van der Waals surface area contributed by atoms with Crippen LogP contribution in [0, 0.1) is 0 Å². The Morgan fingerprint density at radius 1 is 1.00 bits per heavy atom. The van der Waals surface area contributed by atoms with E-state index in [0.29, 0.717) is 21.7 Å². The average Bonchev–Trinajstić information content (AvgIpc) is 2.93. The van der Waals surface area contributed by atoms with Gasteiger partial charge in [-0.3, -0.25) is 24.1 Å². The number of rotatable bonds is 7. The number of amides is 2. The molecule has 0 saturated heterocycles. The molecular formula is C21H18ClNO5. The molecule has 0 bridgehead atoms. The molecular weight excluding hydrogens is 382 g/mol. The molecule has 6 nitrogen and oxygen atoms in total. The summed E-state index contributed by atoms with van der Waals surface area (Å²) < 4.78 is 5.17. The number of esters is 1. The summed E-state index contributed by atoms with van der Waals surface area (Å²) in [7, 11) is 0. The van der Waals surface area contributed by atoms with E-state index in [1.807, 2.05) is 0 Å². The maximum atomic E-state index is 12.3. The van der Waals surface area contributed by atoms with Gasteiger partial charge in [-0.15, -0.1) is 0 Å². The number of hydrogen-bond donors (Lipinski definition) is 0. The van der Waals surface area contributed by atoms with Crippen LogP contribution < -0.4 is 0 Å². The van der Waals surface area contributed by atoms with Crippen molar-refractivity contribution < 1.29 is 23.9 Å². The number of nitrogens with zero attached hydrogens (tertiary/aromatic N) is 1. The molecule has 144 valence electrons. The van der Waals surface area contributed by atoms with Crippen molar-refractivity contribution in [2.24, 2.45) is 0 Å². The van der Waals surface area contributed by atoms with Gasteiger partial charge in [0.1, 0.15) is 0 Å². The van der Waals surface area contributed by atoms with Crippen molar-refractivity contribution in [2.75, 3.05) is 6.54 Å². The fourth-order valence-electron chi connectivity index (χ4n) is 2.98. The third-order valence-corrected chi connectivity index (χ3v) is 4.70. The molecule has 1 heterocycles. The van der Waals surface area contributed by atoms with Crippen LogP contribution in [0.25, 0.3) is 0 Å². The van der Waals surface area contributed by atoms with E-state index >= 15 is 0 Å². The zero-order valence-electron chi connectivity index (χ0n) is 15.2. The van der Waals surface area contributed by atoms with Gasteiger partial charge in [-0.1, -0.05) is 23.7 Å². The Labute approximate surface area is 167 Å². The first kappa shape index (κ1) is 19.8. The first-order chi connectivity index (χ1) is 13.4. The number of hydrogen-bond acceptors (Lipinski definition) is 5. The summed E-state index contributed by atoms with van der Waals surface area (Å²) in [6, 6.07) is 12.9. The summed E-state index contributed by atoms with van der Waals surface area (Å²) in [5.74, 6) is -1.61. The fourth-order valence-corrected chi connectivity index (χ4v) is 3.11. The molecule has 2 aromatic carbocycles. The highest BCUT2D eigenvalue weighted by Gasteiger charge is 2.34. The lowest BCUT2D eigenvalue weighted by Crippen LogP contribution is -2.31. The van der Waals surface area contributed by atoms with E-state index in [1.165, 1.54) is 6.92 Å². The SMILES string of the molecule is C[C@@H](OC(=O)CCCN1C(=O)c2ccccc2C1=O)C(=O)c1ccc(Cl)cc1. The van der Waals surface area contributed by atoms with E-state index in [1.54, 1.807) is 48.5 Å². The number of carbonyl (C=O) groups excluding carboxylic acids is 4. The Morgan fingerprint density at radius 3 is 2.14 bits per heavy atom. The van der Waals surface area contributed by atoms with Crippen LogP contribution in [0.15, 0.2) is 48.5 Å². The van der Waals surface area contributed by atoms with E-state index in [0.717, 1.165) is 4.90 Å². The second-order valence-corrected chi connectivity index (χ2v) is 6.85. The van der Waals surface area contributed by atoms with Crippen LogP contribution in [0.4, 0.5) is 0 Å². The van der Waals surface area contributed by atoms with Crippen LogP contribution in [-0.2, 0) is 9.53 Å². The highest BCUT2D eigenvalue weighted by molar-refractivity contribution is 6.30. The monoisotopic (exact) mass is 399 g/mol. The molecule has 2 amide bonds. The second-order valence-electron chi connectivity index (χ2n) is 6.41. The number of imide groups is 1. The highest BCUT2D eigenvalue weighted by atomic mass is 35.5. The zero-order chi connectivity index (χ0) is 20.3.